The second-order valence-corrected chi connectivity index (χ2v) is 8.42. The summed E-state index contributed by atoms with van der Waals surface area (Å²) in [5.74, 6) is 0. The minimum Gasteiger partial charge on any atom is -0.360 e. The summed E-state index contributed by atoms with van der Waals surface area (Å²) in [6.07, 6.45) is 7.56. The van der Waals surface area contributed by atoms with Crippen LogP contribution in [0.15, 0.2) is 10.9 Å². The Kier molecular flexibility index (Phi) is 4.80. The SMILES string of the molecule is CCCc1cc(=O)n2nc(NCCc3nc4c(s3)CCCC4)sc2n1. The molecule has 0 unspecified atom stereocenters. The molecule has 0 aliphatic heterocycles. The van der Waals surface area contributed by atoms with Gasteiger partial charge in [0.2, 0.25) is 10.1 Å². The van der Waals surface area contributed by atoms with Crippen LogP contribution < -0.4 is 10.9 Å². The highest BCUT2D eigenvalue weighted by Gasteiger charge is 2.15. The smallest absolute Gasteiger partial charge is 0.275 e. The van der Waals surface area contributed by atoms with Crippen LogP contribution in [0.4, 0.5) is 5.13 Å². The van der Waals surface area contributed by atoms with Crippen LogP contribution in [-0.2, 0) is 25.7 Å². The average molecular weight is 376 g/mol. The van der Waals surface area contributed by atoms with Crippen LogP contribution in [0.5, 0.6) is 0 Å². The van der Waals surface area contributed by atoms with Crippen molar-refractivity contribution >= 4 is 32.8 Å². The number of aromatic nitrogens is 4. The summed E-state index contributed by atoms with van der Waals surface area (Å²) in [5, 5.41) is 9.59. The van der Waals surface area contributed by atoms with Crippen LogP contribution in [0.2, 0.25) is 0 Å². The molecule has 3 aromatic heterocycles. The first kappa shape index (κ1) is 16.7. The number of nitrogens with zero attached hydrogens (tertiary/aromatic N) is 4. The first-order chi connectivity index (χ1) is 12.2. The third-order valence-electron chi connectivity index (χ3n) is 4.31. The lowest BCUT2D eigenvalue weighted by Gasteiger charge is -2.06. The third-order valence-corrected chi connectivity index (χ3v) is 6.39. The van der Waals surface area contributed by atoms with Gasteiger partial charge in [-0.05, 0) is 32.1 Å². The monoisotopic (exact) mass is 375 g/mol. The van der Waals surface area contributed by atoms with E-state index in [-0.39, 0.29) is 5.56 Å². The van der Waals surface area contributed by atoms with E-state index in [1.54, 1.807) is 6.07 Å². The summed E-state index contributed by atoms with van der Waals surface area (Å²) in [6.45, 7) is 2.85. The highest BCUT2D eigenvalue weighted by atomic mass is 32.1. The van der Waals surface area contributed by atoms with E-state index in [2.05, 4.69) is 22.3 Å². The lowest BCUT2D eigenvalue weighted by molar-refractivity contribution is 0.680. The molecule has 3 heterocycles. The van der Waals surface area contributed by atoms with E-state index in [1.807, 2.05) is 11.3 Å². The molecule has 3 aromatic rings. The van der Waals surface area contributed by atoms with Gasteiger partial charge in [-0.15, -0.1) is 16.4 Å². The van der Waals surface area contributed by atoms with Crippen LogP contribution in [0.25, 0.3) is 4.96 Å². The first-order valence-electron chi connectivity index (χ1n) is 8.84. The minimum atomic E-state index is -0.106. The molecule has 0 amide bonds. The molecule has 1 aliphatic rings. The minimum absolute atomic E-state index is 0.106. The largest absolute Gasteiger partial charge is 0.360 e. The van der Waals surface area contributed by atoms with Crippen LogP contribution in [0, 0.1) is 0 Å². The molecule has 0 spiro atoms. The lowest BCUT2D eigenvalue weighted by Crippen LogP contribution is -2.15. The van der Waals surface area contributed by atoms with E-state index in [0.717, 1.165) is 43.1 Å². The molecule has 132 valence electrons. The number of nitrogens with one attached hydrogen (secondary N) is 1. The van der Waals surface area contributed by atoms with Gasteiger partial charge in [-0.25, -0.2) is 9.97 Å². The maximum atomic E-state index is 12.1. The number of hydrogen-bond donors (Lipinski definition) is 1. The van der Waals surface area contributed by atoms with Gasteiger partial charge in [0.25, 0.3) is 5.56 Å². The Labute approximate surface area is 154 Å². The molecule has 0 aromatic carbocycles. The topological polar surface area (TPSA) is 72.2 Å². The van der Waals surface area contributed by atoms with Crippen molar-refractivity contribution in [2.75, 3.05) is 11.9 Å². The second-order valence-electron chi connectivity index (χ2n) is 6.30. The van der Waals surface area contributed by atoms with Gasteiger partial charge in [0.05, 0.1) is 10.7 Å². The third kappa shape index (κ3) is 3.59. The summed E-state index contributed by atoms with van der Waals surface area (Å²) in [5.41, 5.74) is 2.05. The summed E-state index contributed by atoms with van der Waals surface area (Å²) >= 11 is 3.28. The number of fused-ring (bicyclic) bond motifs is 2. The molecule has 0 saturated heterocycles. The first-order valence-corrected chi connectivity index (χ1v) is 10.5. The highest BCUT2D eigenvalue weighted by Crippen LogP contribution is 2.27. The molecule has 0 bridgehead atoms. The molecule has 1 N–H and O–H groups in total. The molecule has 4 rings (SSSR count). The molecule has 0 atom stereocenters. The Morgan fingerprint density at radius 2 is 2.08 bits per heavy atom. The van der Waals surface area contributed by atoms with Gasteiger partial charge in [0.15, 0.2) is 0 Å². The molecule has 6 nitrogen and oxygen atoms in total. The highest BCUT2D eigenvalue weighted by molar-refractivity contribution is 7.20. The van der Waals surface area contributed by atoms with E-state index >= 15 is 0 Å². The Morgan fingerprint density at radius 3 is 2.92 bits per heavy atom. The summed E-state index contributed by atoms with van der Waals surface area (Å²) in [6, 6.07) is 1.58. The molecular formula is C17H21N5OS2. The Hall–Kier alpha value is -1.80. The lowest BCUT2D eigenvalue weighted by atomic mass is 10.0. The molecule has 1 aliphatic carbocycles. The molecule has 0 radical (unpaired) electrons. The van der Waals surface area contributed by atoms with Crippen molar-refractivity contribution in [1.29, 1.82) is 0 Å². The van der Waals surface area contributed by atoms with Crippen molar-refractivity contribution in [3.8, 4) is 0 Å². The fraction of sp³-hybridized carbons (Fsp3) is 0.529. The molecule has 25 heavy (non-hydrogen) atoms. The van der Waals surface area contributed by atoms with E-state index in [0.29, 0.717) is 4.96 Å². The maximum absolute atomic E-state index is 12.1. The normalized spacial score (nSPS) is 14.0. The number of hydrogen-bond acceptors (Lipinski definition) is 7. The zero-order chi connectivity index (χ0) is 17.2. The van der Waals surface area contributed by atoms with Crippen molar-refractivity contribution in [2.45, 2.75) is 51.9 Å². The summed E-state index contributed by atoms with van der Waals surface area (Å²) in [4.78, 5) is 23.5. The predicted octanol–water partition coefficient (Wildman–Crippen LogP) is 3.09. The van der Waals surface area contributed by atoms with Gasteiger partial charge in [-0.3, -0.25) is 4.79 Å². The van der Waals surface area contributed by atoms with Crippen molar-refractivity contribution in [2.24, 2.45) is 0 Å². The van der Waals surface area contributed by atoms with E-state index in [1.165, 1.54) is 50.7 Å². The van der Waals surface area contributed by atoms with Crippen molar-refractivity contribution in [3.05, 3.63) is 37.7 Å². The molecule has 8 heteroatoms. The number of anilines is 1. The zero-order valence-electron chi connectivity index (χ0n) is 14.2. The fourth-order valence-corrected chi connectivity index (χ4v) is 5.11. The Morgan fingerprint density at radius 1 is 1.20 bits per heavy atom. The Balaban J connectivity index is 1.43. The second kappa shape index (κ2) is 7.21. The van der Waals surface area contributed by atoms with Gasteiger partial charge in [-0.2, -0.15) is 4.52 Å². The van der Waals surface area contributed by atoms with E-state index < -0.39 is 0 Å². The van der Waals surface area contributed by atoms with Crippen LogP contribution in [0.1, 0.15) is 47.5 Å². The predicted molar refractivity (Wildman–Crippen MR) is 102 cm³/mol. The van der Waals surface area contributed by atoms with Crippen molar-refractivity contribution < 1.29 is 0 Å². The van der Waals surface area contributed by atoms with Gasteiger partial charge in [-0.1, -0.05) is 24.7 Å². The van der Waals surface area contributed by atoms with Crippen molar-refractivity contribution in [3.63, 3.8) is 0 Å². The van der Waals surface area contributed by atoms with Crippen LogP contribution in [-0.4, -0.2) is 26.1 Å². The number of thiazole rings is 1. The Bertz CT molecular complexity index is 919. The fourth-order valence-electron chi connectivity index (χ4n) is 3.10. The maximum Gasteiger partial charge on any atom is 0.275 e. The van der Waals surface area contributed by atoms with Gasteiger partial charge in [0, 0.05) is 29.6 Å². The van der Waals surface area contributed by atoms with Gasteiger partial charge >= 0.3 is 0 Å². The van der Waals surface area contributed by atoms with Crippen LogP contribution >= 0.6 is 22.7 Å². The molecular weight excluding hydrogens is 354 g/mol. The molecule has 0 fully saturated rings. The van der Waals surface area contributed by atoms with Crippen LogP contribution in [0.3, 0.4) is 0 Å². The average Bonchev–Trinajstić information content (AvgIpc) is 3.18. The standard InChI is InChI=1S/C17H21N5OS2/c1-2-5-11-10-15(23)22-17(19-11)25-16(21-22)18-9-8-14-20-12-6-3-4-7-13(12)24-14/h10H,2-9H2,1H3,(H,18,21). The van der Waals surface area contributed by atoms with E-state index in [9.17, 15) is 4.79 Å². The number of rotatable bonds is 6. The summed E-state index contributed by atoms with van der Waals surface area (Å²) < 4.78 is 1.38. The van der Waals surface area contributed by atoms with Gasteiger partial charge in [0.1, 0.15) is 0 Å². The van der Waals surface area contributed by atoms with Gasteiger partial charge < -0.3 is 5.32 Å². The number of aryl methyl sites for hydroxylation is 3. The summed E-state index contributed by atoms with van der Waals surface area (Å²) in [7, 11) is 0. The molecule has 0 saturated carbocycles. The van der Waals surface area contributed by atoms with E-state index in [4.69, 9.17) is 4.98 Å². The quantitative estimate of drug-likeness (QED) is 0.717. The zero-order valence-corrected chi connectivity index (χ0v) is 15.9. The van der Waals surface area contributed by atoms with Crippen molar-refractivity contribution in [1.82, 2.24) is 19.6 Å².